The lowest BCUT2D eigenvalue weighted by atomic mass is 9.98. The number of aryl methyl sites for hydroxylation is 2. The molecule has 0 fully saturated rings. The third-order valence-electron chi connectivity index (χ3n) is 2.95. The fraction of sp³-hybridized carbons (Fsp3) is 0.571. The van der Waals surface area contributed by atoms with Crippen molar-refractivity contribution in [3.63, 3.8) is 0 Å². The van der Waals surface area contributed by atoms with Gasteiger partial charge in [-0.15, -0.1) is 0 Å². The molecule has 4 heteroatoms. The third kappa shape index (κ3) is 5.54. The van der Waals surface area contributed by atoms with Gasteiger partial charge in [0, 0.05) is 12.5 Å². The molecule has 102 valence electrons. The van der Waals surface area contributed by atoms with E-state index in [1.54, 1.807) is 7.05 Å². The van der Waals surface area contributed by atoms with Crippen LogP contribution in [0, 0.1) is 13.8 Å². The zero-order valence-electron chi connectivity index (χ0n) is 11.1. The Labute approximate surface area is 106 Å². The Morgan fingerprint density at radius 3 is 2.11 bits per heavy atom. The molecule has 1 nitrogen and oxygen atoms in total. The van der Waals surface area contributed by atoms with Crippen LogP contribution < -0.4 is 5.32 Å². The Kier molecular flexibility index (Phi) is 5.20. The molecule has 0 aliphatic heterocycles. The molecule has 0 spiro atoms. The van der Waals surface area contributed by atoms with Gasteiger partial charge in [-0.3, -0.25) is 0 Å². The number of nitrogens with one attached hydrogen (secondary N) is 1. The Bertz CT molecular complexity index is 365. The highest BCUT2D eigenvalue weighted by Crippen LogP contribution is 2.23. The van der Waals surface area contributed by atoms with E-state index in [4.69, 9.17) is 0 Å². The van der Waals surface area contributed by atoms with Crippen molar-refractivity contribution in [2.75, 3.05) is 7.05 Å². The van der Waals surface area contributed by atoms with Gasteiger partial charge in [0.25, 0.3) is 0 Å². The predicted molar refractivity (Wildman–Crippen MR) is 67.8 cm³/mol. The Balaban J connectivity index is 2.62. The molecular weight excluding hydrogens is 239 g/mol. The van der Waals surface area contributed by atoms with Crippen LogP contribution in [0.3, 0.4) is 0 Å². The lowest BCUT2D eigenvalue weighted by molar-refractivity contribution is -0.136. The van der Waals surface area contributed by atoms with Crippen LogP contribution in [-0.2, 0) is 6.42 Å². The smallest absolute Gasteiger partial charge is 0.317 e. The van der Waals surface area contributed by atoms with E-state index < -0.39 is 12.6 Å². The summed E-state index contributed by atoms with van der Waals surface area (Å²) in [6.45, 7) is 4.00. The van der Waals surface area contributed by atoms with Crippen LogP contribution >= 0.6 is 0 Å². The van der Waals surface area contributed by atoms with E-state index in [0.29, 0.717) is 6.42 Å². The maximum absolute atomic E-state index is 12.2. The van der Waals surface area contributed by atoms with Gasteiger partial charge in [0.15, 0.2) is 0 Å². The summed E-state index contributed by atoms with van der Waals surface area (Å²) in [4.78, 5) is 0. The normalized spacial score (nSPS) is 13.7. The summed E-state index contributed by atoms with van der Waals surface area (Å²) in [6, 6.07) is 6.00. The third-order valence-corrected chi connectivity index (χ3v) is 2.95. The quantitative estimate of drug-likeness (QED) is 0.848. The molecule has 0 heterocycles. The molecule has 1 unspecified atom stereocenters. The van der Waals surface area contributed by atoms with E-state index in [1.165, 1.54) is 0 Å². The topological polar surface area (TPSA) is 12.0 Å². The average Bonchev–Trinajstić information content (AvgIpc) is 2.21. The van der Waals surface area contributed by atoms with Crippen molar-refractivity contribution < 1.29 is 13.2 Å². The van der Waals surface area contributed by atoms with Gasteiger partial charge in [-0.05, 0) is 39.3 Å². The van der Waals surface area contributed by atoms with Crippen molar-refractivity contribution in [3.05, 3.63) is 34.9 Å². The molecule has 1 N–H and O–H groups in total. The van der Waals surface area contributed by atoms with Crippen LogP contribution in [-0.4, -0.2) is 19.3 Å². The molecule has 18 heavy (non-hydrogen) atoms. The Morgan fingerprint density at radius 1 is 1.11 bits per heavy atom. The molecule has 1 atom stereocenters. The fourth-order valence-corrected chi connectivity index (χ4v) is 2.16. The second kappa shape index (κ2) is 6.23. The number of alkyl halides is 3. The van der Waals surface area contributed by atoms with Crippen LogP contribution in [0.1, 0.15) is 29.5 Å². The van der Waals surface area contributed by atoms with E-state index >= 15 is 0 Å². The molecule has 0 saturated heterocycles. The van der Waals surface area contributed by atoms with Crippen molar-refractivity contribution in [3.8, 4) is 0 Å². The first kappa shape index (κ1) is 15.0. The van der Waals surface area contributed by atoms with Gasteiger partial charge in [-0.1, -0.05) is 29.3 Å². The molecular formula is C14H20F3N. The average molecular weight is 259 g/mol. The highest BCUT2D eigenvalue weighted by Gasteiger charge is 2.27. The van der Waals surface area contributed by atoms with E-state index in [1.807, 2.05) is 26.0 Å². The summed E-state index contributed by atoms with van der Waals surface area (Å²) in [6.07, 6.45) is -4.05. The second-order valence-corrected chi connectivity index (χ2v) is 4.84. The predicted octanol–water partition coefficient (Wildman–Crippen LogP) is 3.78. The van der Waals surface area contributed by atoms with Crippen molar-refractivity contribution in [1.29, 1.82) is 0 Å². The monoisotopic (exact) mass is 259 g/mol. The number of benzene rings is 1. The molecule has 0 radical (unpaired) electrons. The largest absolute Gasteiger partial charge is 0.389 e. The Hall–Kier alpha value is -1.03. The minimum absolute atomic E-state index is 0.118. The standard InChI is InChI=1S/C14H20F3N/c1-10-6-11(2)8-12(7-10)9-13(18-3)4-5-14(15,16)17/h6-8,13,18H,4-5,9H2,1-3H3. The van der Waals surface area contributed by atoms with E-state index in [9.17, 15) is 13.2 Å². The van der Waals surface area contributed by atoms with Crippen LogP contribution in [0.5, 0.6) is 0 Å². The molecule has 0 aliphatic rings. The SMILES string of the molecule is CNC(CCC(F)(F)F)Cc1cc(C)cc(C)c1. The van der Waals surface area contributed by atoms with E-state index in [-0.39, 0.29) is 12.5 Å². The summed E-state index contributed by atoms with van der Waals surface area (Å²) in [5.74, 6) is 0. The molecule has 0 bridgehead atoms. The van der Waals surface area contributed by atoms with Gasteiger partial charge in [-0.25, -0.2) is 0 Å². The lowest BCUT2D eigenvalue weighted by Crippen LogP contribution is -2.29. The number of hydrogen-bond donors (Lipinski definition) is 1. The summed E-state index contributed by atoms with van der Waals surface area (Å²) >= 11 is 0. The van der Waals surface area contributed by atoms with E-state index in [0.717, 1.165) is 16.7 Å². The minimum atomic E-state index is -4.07. The van der Waals surface area contributed by atoms with Crippen molar-refractivity contribution in [2.45, 2.75) is 45.3 Å². The Morgan fingerprint density at radius 2 is 1.67 bits per heavy atom. The molecule has 0 saturated carbocycles. The number of halogens is 3. The maximum Gasteiger partial charge on any atom is 0.389 e. The summed E-state index contributed by atoms with van der Waals surface area (Å²) in [7, 11) is 1.71. The summed E-state index contributed by atoms with van der Waals surface area (Å²) in [5.41, 5.74) is 3.39. The molecule has 1 aromatic carbocycles. The zero-order valence-corrected chi connectivity index (χ0v) is 11.1. The summed E-state index contributed by atoms with van der Waals surface area (Å²) in [5, 5.41) is 2.96. The highest BCUT2D eigenvalue weighted by atomic mass is 19.4. The number of hydrogen-bond acceptors (Lipinski definition) is 1. The van der Waals surface area contributed by atoms with Gasteiger partial charge in [0.1, 0.15) is 0 Å². The first-order valence-corrected chi connectivity index (χ1v) is 6.11. The van der Waals surface area contributed by atoms with Gasteiger partial charge >= 0.3 is 6.18 Å². The maximum atomic E-state index is 12.2. The molecule has 1 aromatic rings. The van der Waals surface area contributed by atoms with Gasteiger partial charge in [-0.2, -0.15) is 13.2 Å². The van der Waals surface area contributed by atoms with E-state index in [2.05, 4.69) is 11.4 Å². The van der Waals surface area contributed by atoms with Crippen LogP contribution in [0.4, 0.5) is 13.2 Å². The van der Waals surface area contributed by atoms with Crippen molar-refractivity contribution in [2.24, 2.45) is 0 Å². The van der Waals surface area contributed by atoms with Crippen molar-refractivity contribution in [1.82, 2.24) is 5.32 Å². The molecule has 0 amide bonds. The number of likely N-dealkylation sites (N-methyl/N-ethyl adjacent to an activating group) is 1. The minimum Gasteiger partial charge on any atom is -0.317 e. The molecule has 1 rings (SSSR count). The molecule has 0 aromatic heterocycles. The van der Waals surface area contributed by atoms with Crippen LogP contribution in [0.25, 0.3) is 0 Å². The second-order valence-electron chi connectivity index (χ2n) is 4.84. The van der Waals surface area contributed by atoms with Gasteiger partial charge in [0.2, 0.25) is 0 Å². The lowest BCUT2D eigenvalue weighted by Gasteiger charge is -2.18. The zero-order chi connectivity index (χ0) is 13.8. The van der Waals surface area contributed by atoms with Crippen LogP contribution in [0.2, 0.25) is 0 Å². The van der Waals surface area contributed by atoms with Gasteiger partial charge < -0.3 is 5.32 Å². The highest BCUT2D eigenvalue weighted by molar-refractivity contribution is 5.29. The number of rotatable bonds is 5. The fourth-order valence-electron chi connectivity index (χ4n) is 2.16. The summed E-state index contributed by atoms with van der Waals surface area (Å²) < 4.78 is 36.6. The first-order valence-electron chi connectivity index (χ1n) is 6.11. The van der Waals surface area contributed by atoms with Crippen molar-refractivity contribution >= 4 is 0 Å². The van der Waals surface area contributed by atoms with Gasteiger partial charge in [0.05, 0.1) is 0 Å². The van der Waals surface area contributed by atoms with Crippen LogP contribution in [0.15, 0.2) is 18.2 Å². The molecule has 0 aliphatic carbocycles. The first-order chi connectivity index (χ1) is 8.30.